The van der Waals surface area contributed by atoms with E-state index >= 15 is 0 Å². The van der Waals surface area contributed by atoms with Crippen LogP contribution in [0, 0.1) is 16.5 Å². The maximum Gasteiger partial charge on any atom is 0.176 e. The second kappa shape index (κ2) is 6.46. The topological polar surface area (TPSA) is 44.0 Å². The Hall–Kier alpha value is -1.70. The molecule has 1 heterocycles. The van der Waals surface area contributed by atoms with Crippen LogP contribution in [0.2, 0.25) is 0 Å². The summed E-state index contributed by atoms with van der Waals surface area (Å²) in [7, 11) is 0. The average molecular weight is 275 g/mol. The molecule has 0 aliphatic heterocycles. The Morgan fingerprint density at radius 3 is 2.53 bits per heavy atom. The van der Waals surface area contributed by atoms with E-state index in [-0.39, 0.29) is 23.6 Å². The number of rotatable bonds is 5. The molecule has 0 unspecified atom stereocenters. The molecule has 2 aromatic rings. The molecular weight excluding hydrogens is 261 g/mol. The fraction of sp³-hybridized carbons (Fsp3) is 0.267. The van der Waals surface area contributed by atoms with Crippen LogP contribution < -0.4 is 0 Å². The van der Waals surface area contributed by atoms with Gasteiger partial charge in [-0.1, -0.05) is 30.3 Å². The molecule has 19 heavy (non-hydrogen) atoms. The lowest BCUT2D eigenvalue weighted by atomic mass is 9.81. The number of hydrogen-bond acceptors (Lipinski definition) is 3. The zero-order valence-corrected chi connectivity index (χ0v) is 11.1. The van der Waals surface area contributed by atoms with Crippen molar-refractivity contribution in [2.45, 2.75) is 18.3 Å². The van der Waals surface area contributed by atoms with Crippen LogP contribution in [0.25, 0.3) is 0 Å². The highest BCUT2D eigenvalue weighted by atomic mass is 32.1. The van der Waals surface area contributed by atoms with Gasteiger partial charge in [0.05, 0.1) is 12.0 Å². The molecular formula is C15H14FNOS. The number of nitriles is 1. The minimum absolute atomic E-state index is 0.0207. The summed E-state index contributed by atoms with van der Waals surface area (Å²) < 4.78 is 13.2. The van der Waals surface area contributed by atoms with E-state index in [1.165, 1.54) is 6.07 Å². The number of hydrogen-bond donors (Lipinski definition) is 1. The van der Waals surface area contributed by atoms with E-state index in [9.17, 15) is 14.8 Å². The van der Waals surface area contributed by atoms with E-state index in [1.807, 2.05) is 30.3 Å². The van der Waals surface area contributed by atoms with Gasteiger partial charge in [-0.05, 0) is 29.0 Å². The molecule has 1 N–H and O–H groups in total. The Kier molecular flexibility index (Phi) is 4.67. The van der Waals surface area contributed by atoms with Gasteiger partial charge in [-0.2, -0.15) is 9.65 Å². The van der Waals surface area contributed by atoms with Crippen LogP contribution in [-0.4, -0.2) is 11.7 Å². The molecule has 2 rings (SSSR count). The maximum atomic E-state index is 13.2. The van der Waals surface area contributed by atoms with Crippen molar-refractivity contribution in [1.82, 2.24) is 0 Å². The molecule has 2 atom stereocenters. The fourth-order valence-electron chi connectivity index (χ4n) is 2.24. The first kappa shape index (κ1) is 13.7. The van der Waals surface area contributed by atoms with Crippen LogP contribution in [0.4, 0.5) is 4.39 Å². The third-order valence-corrected chi connectivity index (χ3v) is 3.89. The van der Waals surface area contributed by atoms with Crippen LogP contribution in [0.1, 0.15) is 29.4 Å². The van der Waals surface area contributed by atoms with E-state index in [1.54, 1.807) is 5.38 Å². The number of aliphatic hydroxyl groups is 1. The molecule has 4 heteroatoms. The zero-order chi connectivity index (χ0) is 13.7. The van der Waals surface area contributed by atoms with Gasteiger partial charge in [0.15, 0.2) is 5.13 Å². The lowest BCUT2D eigenvalue weighted by Crippen LogP contribution is -2.11. The molecule has 2 nitrogen and oxygen atoms in total. The van der Waals surface area contributed by atoms with E-state index in [0.717, 1.165) is 22.5 Å². The van der Waals surface area contributed by atoms with Gasteiger partial charge in [-0.3, -0.25) is 0 Å². The second-order valence-corrected chi connectivity index (χ2v) is 5.18. The molecule has 0 radical (unpaired) electrons. The smallest absolute Gasteiger partial charge is 0.176 e. The van der Waals surface area contributed by atoms with Gasteiger partial charge in [0.25, 0.3) is 0 Å². The maximum absolute atomic E-state index is 13.2. The highest BCUT2D eigenvalue weighted by Crippen LogP contribution is 2.36. The molecule has 0 saturated carbocycles. The zero-order valence-electron chi connectivity index (χ0n) is 10.3. The molecule has 0 aliphatic carbocycles. The molecule has 0 saturated heterocycles. The van der Waals surface area contributed by atoms with Crippen LogP contribution in [0.5, 0.6) is 0 Å². The number of thiophene rings is 1. The van der Waals surface area contributed by atoms with Crippen molar-refractivity contribution in [2.24, 2.45) is 0 Å². The molecule has 1 aromatic carbocycles. The Bertz CT molecular complexity index is 561. The van der Waals surface area contributed by atoms with Crippen molar-refractivity contribution in [1.29, 1.82) is 5.26 Å². The molecule has 1 aromatic heterocycles. The van der Waals surface area contributed by atoms with Crippen molar-refractivity contribution in [3.63, 3.8) is 0 Å². The summed E-state index contributed by atoms with van der Waals surface area (Å²) in [5.74, 6) is -0.555. The van der Waals surface area contributed by atoms with Gasteiger partial charge in [-0.15, -0.1) is 11.3 Å². The molecule has 0 spiro atoms. The predicted molar refractivity (Wildman–Crippen MR) is 73.5 cm³/mol. The number of nitrogens with zero attached hydrogens (tertiary/aromatic N) is 1. The lowest BCUT2D eigenvalue weighted by Gasteiger charge is -2.20. The summed E-state index contributed by atoms with van der Waals surface area (Å²) in [6, 6.07) is 13.2. The van der Waals surface area contributed by atoms with Gasteiger partial charge >= 0.3 is 0 Å². The van der Waals surface area contributed by atoms with Gasteiger partial charge in [0.2, 0.25) is 0 Å². The Balaban J connectivity index is 2.34. The van der Waals surface area contributed by atoms with Crippen LogP contribution in [0.15, 0.2) is 41.8 Å². The summed E-state index contributed by atoms with van der Waals surface area (Å²) >= 11 is 1.02. The summed E-state index contributed by atoms with van der Waals surface area (Å²) in [5.41, 5.74) is 1.68. The minimum atomic E-state index is -0.373. The first-order valence-electron chi connectivity index (χ1n) is 6.05. The first-order valence-corrected chi connectivity index (χ1v) is 6.93. The third-order valence-electron chi connectivity index (χ3n) is 3.16. The monoisotopic (exact) mass is 275 g/mol. The first-order chi connectivity index (χ1) is 9.26. The van der Waals surface area contributed by atoms with Crippen molar-refractivity contribution in [3.05, 3.63) is 58.0 Å². The summed E-state index contributed by atoms with van der Waals surface area (Å²) in [6.07, 6.45) is 0.448. The number of halogens is 1. The van der Waals surface area contributed by atoms with E-state index in [0.29, 0.717) is 6.42 Å². The Morgan fingerprint density at radius 1 is 1.26 bits per heavy atom. The normalized spacial score (nSPS) is 13.7. The highest BCUT2D eigenvalue weighted by molar-refractivity contribution is 7.08. The molecule has 0 amide bonds. The standard InChI is InChI=1S/C15H14FNOS/c16-15-8-12(10-19-15)13(6-7-18)14(9-17)11-4-2-1-3-5-11/h1-5,8,10,13-14,18H,6-7H2/t13-,14-/m0/s1. The van der Waals surface area contributed by atoms with Gasteiger partial charge in [0.1, 0.15) is 0 Å². The Labute approximate surface area is 115 Å². The Morgan fingerprint density at radius 2 is 2.00 bits per heavy atom. The quantitative estimate of drug-likeness (QED) is 0.905. The van der Waals surface area contributed by atoms with Crippen LogP contribution >= 0.6 is 11.3 Å². The number of benzene rings is 1. The SMILES string of the molecule is N#C[C@@H](c1ccccc1)[C@@H](CCO)c1csc(F)c1. The number of aliphatic hydroxyl groups excluding tert-OH is 1. The van der Waals surface area contributed by atoms with Crippen molar-refractivity contribution in [3.8, 4) is 6.07 Å². The van der Waals surface area contributed by atoms with E-state index in [4.69, 9.17) is 0 Å². The third kappa shape index (κ3) is 3.19. The van der Waals surface area contributed by atoms with Crippen LogP contribution in [-0.2, 0) is 0 Å². The molecule has 0 fully saturated rings. The van der Waals surface area contributed by atoms with E-state index in [2.05, 4.69) is 6.07 Å². The average Bonchev–Trinajstić information content (AvgIpc) is 2.86. The molecule has 98 valence electrons. The van der Waals surface area contributed by atoms with Crippen molar-refractivity contribution >= 4 is 11.3 Å². The second-order valence-electron chi connectivity index (χ2n) is 4.32. The molecule has 0 aliphatic rings. The minimum Gasteiger partial charge on any atom is -0.396 e. The van der Waals surface area contributed by atoms with Gasteiger partial charge in [-0.25, -0.2) is 0 Å². The largest absolute Gasteiger partial charge is 0.396 e. The fourth-order valence-corrected chi connectivity index (χ4v) is 2.94. The summed E-state index contributed by atoms with van der Waals surface area (Å²) in [6.45, 7) is -0.0207. The van der Waals surface area contributed by atoms with Gasteiger partial charge < -0.3 is 5.11 Å². The lowest BCUT2D eigenvalue weighted by molar-refractivity contribution is 0.272. The van der Waals surface area contributed by atoms with E-state index < -0.39 is 0 Å². The van der Waals surface area contributed by atoms with Crippen molar-refractivity contribution in [2.75, 3.05) is 6.61 Å². The summed E-state index contributed by atoms with van der Waals surface area (Å²) in [4.78, 5) is 0. The summed E-state index contributed by atoms with van der Waals surface area (Å²) in [5, 5.41) is 20.1. The molecule has 0 bridgehead atoms. The van der Waals surface area contributed by atoms with Crippen molar-refractivity contribution < 1.29 is 9.50 Å². The van der Waals surface area contributed by atoms with Crippen LogP contribution in [0.3, 0.4) is 0 Å². The predicted octanol–water partition coefficient (Wildman–Crippen LogP) is 3.66. The highest BCUT2D eigenvalue weighted by Gasteiger charge is 2.25. The van der Waals surface area contributed by atoms with Gasteiger partial charge in [0, 0.05) is 12.5 Å².